The summed E-state index contributed by atoms with van der Waals surface area (Å²) in [5.74, 6) is -1.55. The molecule has 2 N–H and O–H groups in total. The van der Waals surface area contributed by atoms with E-state index in [0.29, 0.717) is 6.42 Å². The van der Waals surface area contributed by atoms with Crippen molar-refractivity contribution in [2.45, 2.75) is 65.2 Å². The van der Waals surface area contributed by atoms with Crippen molar-refractivity contribution < 1.29 is 19.8 Å². The second-order valence-corrected chi connectivity index (χ2v) is 5.73. The molecule has 0 aliphatic carbocycles. The topological polar surface area (TPSA) is 74.6 Å². The number of hydrogen-bond donors (Lipinski definition) is 2. The van der Waals surface area contributed by atoms with E-state index in [9.17, 15) is 19.8 Å². The van der Waals surface area contributed by atoms with E-state index in [1.54, 1.807) is 0 Å². The lowest BCUT2D eigenvalue weighted by Crippen LogP contribution is -2.14. The van der Waals surface area contributed by atoms with Gasteiger partial charge in [0.15, 0.2) is 0 Å². The summed E-state index contributed by atoms with van der Waals surface area (Å²) >= 11 is 0. The van der Waals surface area contributed by atoms with Crippen LogP contribution in [0.15, 0.2) is 12.1 Å². The Balaban J connectivity index is 2.43. The zero-order valence-corrected chi connectivity index (χ0v) is 13.5. The van der Waals surface area contributed by atoms with Gasteiger partial charge in [-0.25, -0.2) is 0 Å². The van der Waals surface area contributed by atoms with Crippen LogP contribution >= 0.6 is 0 Å². The fourth-order valence-electron chi connectivity index (χ4n) is 2.38. The maximum atomic E-state index is 12.0. The molecule has 0 saturated carbocycles. The van der Waals surface area contributed by atoms with E-state index in [1.807, 2.05) is 0 Å². The Morgan fingerprint density at radius 2 is 1.55 bits per heavy atom. The van der Waals surface area contributed by atoms with Crippen molar-refractivity contribution in [1.82, 2.24) is 0 Å². The summed E-state index contributed by atoms with van der Waals surface area (Å²) < 4.78 is 0. The number of phenolic OH excluding ortho intramolecular Hbond substituents is 2. The predicted octanol–water partition coefficient (Wildman–Crippen LogP) is 4.30. The van der Waals surface area contributed by atoms with Gasteiger partial charge in [0.25, 0.3) is 0 Å². The highest BCUT2D eigenvalue weighted by molar-refractivity contribution is 6.44. The number of aromatic hydroxyl groups is 2. The normalized spacial score (nSPS) is 10.6. The standard InChI is InChI=1S/C18H26O4/c1-3-4-5-6-7-8-9-10-16(20)18(22)14-11-12-15(19)13(2)17(14)21/h11-12,19,21H,3-10H2,1-2H3. The molecule has 0 aliphatic rings. The Kier molecular flexibility index (Phi) is 7.64. The van der Waals surface area contributed by atoms with E-state index in [1.165, 1.54) is 44.7 Å². The molecule has 0 aromatic heterocycles. The number of phenols is 2. The van der Waals surface area contributed by atoms with Crippen molar-refractivity contribution in [2.24, 2.45) is 0 Å². The quantitative estimate of drug-likeness (QED) is 0.384. The maximum Gasteiger partial charge on any atom is 0.232 e. The molecule has 0 spiro atoms. The van der Waals surface area contributed by atoms with Gasteiger partial charge in [-0.05, 0) is 25.5 Å². The fraction of sp³-hybridized carbons (Fsp3) is 0.556. The zero-order valence-electron chi connectivity index (χ0n) is 13.5. The molecule has 4 nitrogen and oxygen atoms in total. The van der Waals surface area contributed by atoms with Gasteiger partial charge in [0.1, 0.15) is 11.5 Å². The second-order valence-electron chi connectivity index (χ2n) is 5.73. The van der Waals surface area contributed by atoms with Gasteiger partial charge < -0.3 is 10.2 Å². The minimum atomic E-state index is -0.674. The van der Waals surface area contributed by atoms with Crippen LogP contribution in [0.4, 0.5) is 0 Å². The minimum Gasteiger partial charge on any atom is -0.508 e. The lowest BCUT2D eigenvalue weighted by Gasteiger charge is -2.07. The molecule has 122 valence electrons. The second kappa shape index (κ2) is 9.23. The van der Waals surface area contributed by atoms with Crippen LogP contribution in [0.2, 0.25) is 0 Å². The number of ketones is 2. The molecule has 0 radical (unpaired) electrons. The molecule has 0 atom stereocenters. The Labute approximate surface area is 132 Å². The Hall–Kier alpha value is -1.84. The number of carbonyl (C=O) groups excluding carboxylic acids is 2. The number of carbonyl (C=O) groups is 2. The Morgan fingerprint density at radius 3 is 2.18 bits per heavy atom. The van der Waals surface area contributed by atoms with Crippen molar-refractivity contribution in [3.63, 3.8) is 0 Å². The number of rotatable bonds is 10. The molecule has 0 heterocycles. The third-order valence-corrected chi connectivity index (χ3v) is 3.91. The first-order valence-electron chi connectivity index (χ1n) is 8.08. The lowest BCUT2D eigenvalue weighted by atomic mass is 9.99. The molecule has 1 rings (SSSR count). The van der Waals surface area contributed by atoms with Gasteiger partial charge in [0.05, 0.1) is 5.56 Å². The lowest BCUT2D eigenvalue weighted by molar-refractivity contribution is -0.115. The molecule has 1 aromatic carbocycles. The van der Waals surface area contributed by atoms with Gasteiger partial charge in [-0.2, -0.15) is 0 Å². The summed E-state index contributed by atoms with van der Waals surface area (Å²) in [6.07, 6.45) is 7.81. The molecule has 22 heavy (non-hydrogen) atoms. The molecular weight excluding hydrogens is 280 g/mol. The van der Waals surface area contributed by atoms with Crippen molar-refractivity contribution in [3.8, 4) is 11.5 Å². The molecule has 1 aromatic rings. The van der Waals surface area contributed by atoms with E-state index in [4.69, 9.17) is 0 Å². The fourth-order valence-corrected chi connectivity index (χ4v) is 2.38. The van der Waals surface area contributed by atoms with E-state index in [-0.39, 0.29) is 29.0 Å². The molecule has 0 amide bonds. The summed E-state index contributed by atoms with van der Waals surface area (Å²) in [7, 11) is 0. The van der Waals surface area contributed by atoms with Gasteiger partial charge in [-0.1, -0.05) is 45.4 Å². The zero-order chi connectivity index (χ0) is 16.5. The largest absolute Gasteiger partial charge is 0.508 e. The highest BCUT2D eigenvalue weighted by Gasteiger charge is 2.21. The van der Waals surface area contributed by atoms with Crippen molar-refractivity contribution in [3.05, 3.63) is 23.3 Å². The van der Waals surface area contributed by atoms with Crippen LogP contribution in [0, 0.1) is 6.92 Å². The van der Waals surface area contributed by atoms with Crippen LogP contribution in [-0.2, 0) is 4.79 Å². The van der Waals surface area contributed by atoms with Gasteiger partial charge in [-0.3, -0.25) is 9.59 Å². The van der Waals surface area contributed by atoms with Crippen molar-refractivity contribution >= 4 is 11.6 Å². The number of Topliss-reactive ketones (excluding diaryl/α,β-unsaturated/α-hetero) is 2. The molecule has 0 fully saturated rings. The number of hydrogen-bond acceptors (Lipinski definition) is 4. The van der Waals surface area contributed by atoms with Crippen LogP contribution in [0.1, 0.15) is 74.2 Å². The van der Waals surface area contributed by atoms with Crippen LogP contribution in [-0.4, -0.2) is 21.8 Å². The first kappa shape index (κ1) is 18.2. The van der Waals surface area contributed by atoms with Gasteiger partial charge in [0, 0.05) is 12.0 Å². The summed E-state index contributed by atoms with van der Waals surface area (Å²) in [4.78, 5) is 23.9. The van der Waals surface area contributed by atoms with E-state index < -0.39 is 11.6 Å². The van der Waals surface area contributed by atoms with Crippen LogP contribution in [0.25, 0.3) is 0 Å². The average Bonchev–Trinajstić information content (AvgIpc) is 2.51. The highest BCUT2D eigenvalue weighted by Crippen LogP contribution is 2.30. The Bertz CT molecular complexity index is 520. The molecular formula is C18H26O4. The van der Waals surface area contributed by atoms with E-state index >= 15 is 0 Å². The van der Waals surface area contributed by atoms with Crippen LogP contribution in [0.3, 0.4) is 0 Å². The third kappa shape index (κ3) is 5.17. The van der Waals surface area contributed by atoms with E-state index in [0.717, 1.165) is 12.8 Å². The summed E-state index contributed by atoms with van der Waals surface area (Å²) in [6, 6.07) is 2.62. The predicted molar refractivity (Wildman–Crippen MR) is 86.5 cm³/mol. The maximum absolute atomic E-state index is 12.0. The molecule has 0 saturated heterocycles. The summed E-state index contributed by atoms with van der Waals surface area (Å²) in [6.45, 7) is 3.67. The van der Waals surface area contributed by atoms with Gasteiger partial charge in [0.2, 0.25) is 11.6 Å². The summed E-state index contributed by atoms with van der Waals surface area (Å²) in [5.41, 5.74) is 0.192. The molecule has 4 heteroatoms. The first-order valence-corrected chi connectivity index (χ1v) is 8.08. The molecule has 0 bridgehead atoms. The van der Waals surface area contributed by atoms with Crippen molar-refractivity contribution in [2.75, 3.05) is 0 Å². The van der Waals surface area contributed by atoms with Crippen molar-refractivity contribution in [1.29, 1.82) is 0 Å². The number of benzene rings is 1. The molecule has 0 unspecified atom stereocenters. The Morgan fingerprint density at radius 1 is 0.955 bits per heavy atom. The SMILES string of the molecule is CCCCCCCCCC(=O)C(=O)c1ccc(O)c(C)c1O. The average molecular weight is 306 g/mol. The van der Waals surface area contributed by atoms with Gasteiger partial charge >= 0.3 is 0 Å². The van der Waals surface area contributed by atoms with Gasteiger partial charge in [-0.15, -0.1) is 0 Å². The van der Waals surface area contributed by atoms with E-state index in [2.05, 4.69) is 6.92 Å². The molecule has 0 aliphatic heterocycles. The van der Waals surface area contributed by atoms with Crippen LogP contribution in [0.5, 0.6) is 11.5 Å². The minimum absolute atomic E-state index is 0.0248. The first-order chi connectivity index (χ1) is 10.5. The van der Waals surface area contributed by atoms with Crippen LogP contribution < -0.4 is 0 Å². The third-order valence-electron chi connectivity index (χ3n) is 3.91. The smallest absolute Gasteiger partial charge is 0.232 e. The number of unbranched alkanes of at least 4 members (excludes halogenated alkanes) is 6. The monoisotopic (exact) mass is 306 g/mol. The highest BCUT2D eigenvalue weighted by atomic mass is 16.3. The summed E-state index contributed by atoms with van der Waals surface area (Å²) in [5, 5.41) is 19.3.